The number of nitrogens with zero attached hydrogens (tertiary/aromatic N) is 4. The molecule has 2 heterocycles. The lowest BCUT2D eigenvalue weighted by Gasteiger charge is -2.16. The number of methoxy groups -OCH3 is 2. The lowest BCUT2D eigenvalue weighted by molar-refractivity contribution is 0.394. The van der Waals surface area contributed by atoms with E-state index in [1.54, 1.807) is 14.2 Å². The zero-order valence-electron chi connectivity index (χ0n) is 17.5. The average Bonchev–Trinajstić information content (AvgIpc) is 3.10. The number of fused-ring (bicyclic) bond motifs is 1. The molecule has 0 bridgehead atoms. The Balaban J connectivity index is 2.10. The third-order valence-corrected chi connectivity index (χ3v) is 4.76. The fourth-order valence-electron chi connectivity index (χ4n) is 3.25. The van der Waals surface area contributed by atoms with Gasteiger partial charge >= 0.3 is 0 Å². The lowest BCUT2D eigenvalue weighted by Crippen LogP contribution is -2.22. The smallest absolute Gasteiger partial charge is 0.158 e. The Morgan fingerprint density at radius 3 is 2.32 bits per heavy atom. The first-order valence-electron chi connectivity index (χ1n) is 9.48. The van der Waals surface area contributed by atoms with Crippen LogP contribution >= 0.6 is 0 Å². The minimum absolute atomic E-state index is 0.731. The first-order chi connectivity index (χ1) is 13.5. The van der Waals surface area contributed by atoms with E-state index in [4.69, 9.17) is 19.6 Å². The van der Waals surface area contributed by atoms with Crippen molar-refractivity contribution in [3.63, 3.8) is 0 Å². The van der Waals surface area contributed by atoms with E-state index >= 15 is 0 Å². The van der Waals surface area contributed by atoms with Crippen LogP contribution in [0.15, 0.2) is 24.3 Å². The third kappa shape index (κ3) is 4.04. The largest absolute Gasteiger partial charge is 0.497 e. The Hall–Kier alpha value is -2.80. The monoisotopic (exact) mass is 383 g/mol. The molecule has 0 saturated carbocycles. The first-order valence-corrected chi connectivity index (χ1v) is 9.48. The van der Waals surface area contributed by atoms with E-state index < -0.39 is 0 Å². The maximum absolute atomic E-state index is 5.40. The van der Waals surface area contributed by atoms with Crippen molar-refractivity contribution in [2.24, 2.45) is 0 Å². The molecule has 7 nitrogen and oxygen atoms in total. The van der Waals surface area contributed by atoms with Gasteiger partial charge in [-0.05, 0) is 39.6 Å². The molecule has 7 heteroatoms. The van der Waals surface area contributed by atoms with Crippen LogP contribution in [0, 0.1) is 6.92 Å². The molecule has 0 aliphatic rings. The van der Waals surface area contributed by atoms with Gasteiger partial charge < -0.3 is 19.7 Å². The summed E-state index contributed by atoms with van der Waals surface area (Å²) in [6.45, 7) is 5.97. The minimum atomic E-state index is 0.731. The quantitative estimate of drug-likeness (QED) is 0.644. The molecule has 0 spiro atoms. The average molecular weight is 383 g/mol. The molecule has 28 heavy (non-hydrogen) atoms. The maximum Gasteiger partial charge on any atom is 0.158 e. The van der Waals surface area contributed by atoms with Gasteiger partial charge in [-0.15, -0.1) is 0 Å². The van der Waals surface area contributed by atoms with Crippen molar-refractivity contribution in [3.05, 3.63) is 35.5 Å². The molecule has 150 valence electrons. The van der Waals surface area contributed by atoms with Gasteiger partial charge in [0.15, 0.2) is 5.65 Å². The number of likely N-dealkylation sites (N-methyl/N-ethyl adjacent to an activating group) is 1. The second kappa shape index (κ2) is 8.48. The number of anilines is 1. The van der Waals surface area contributed by atoms with E-state index in [0.29, 0.717) is 0 Å². The first kappa shape index (κ1) is 19.9. The summed E-state index contributed by atoms with van der Waals surface area (Å²) in [7, 11) is 7.43. The van der Waals surface area contributed by atoms with Gasteiger partial charge in [-0.25, -0.2) is 4.98 Å². The Kier molecular flexibility index (Phi) is 6.04. The van der Waals surface area contributed by atoms with Gasteiger partial charge in [0.05, 0.1) is 19.9 Å². The molecule has 0 aliphatic carbocycles. The fraction of sp³-hybridized carbons (Fsp3) is 0.429. The summed E-state index contributed by atoms with van der Waals surface area (Å²) in [5.41, 5.74) is 4.78. The highest BCUT2D eigenvalue weighted by atomic mass is 16.5. The van der Waals surface area contributed by atoms with Crippen molar-refractivity contribution in [1.29, 1.82) is 0 Å². The highest BCUT2D eigenvalue weighted by molar-refractivity contribution is 5.69. The normalized spacial score (nSPS) is 11.2. The van der Waals surface area contributed by atoms with E-state index in [-0.39, 0.29) is 0 Å². The summed E-state index contributed by atoms with van der Waals surface area (Å²) in [4.78, 5) is 6.92. The Bertz CT molecular complexity index is 943. The van der Waals surface area contributed by atoms with Gasteiger partial charge in [0.2, 0.25) is 0 Å². The molecule has 2 aromatic heterocycles. The summed E-state index contributed by atoms with van der Waals surface area (Å²) in [5.74, 6) is 2.47. The molecule has 0 amide bonds. The number of aryl methyl sites for hydroxylation is 1. The maximum atomic E-state index is 5.40. The van der Waals surface area contributed by atoms with Gasteiger partial charge in [0.1, 0.15) is 17.3 Å². The van der Waals surface area contributed by atoms with Crippen molar-refractivity contribution >= 4 is 11.5 Å². The SMILES string of the molecule is CCc1c(C)nc2cc(-c3cc(OC)cc(OC)c3)nn2c1NCCN(C)C. The molecule has 0 atom stereocenters. The van der Waals surface area contributed by atoms with Crippen LogP contribution in [0.3, 0.4) is 0 Å². The number of hydrogen-bond acceptors (Lipinski definition) is 6. The van der Waals surface area contributed by atoms with Crippen LogP contribution in [0.25, 0.3) is 16.9 Å². The number of ether oxygens (including phenoxy) is 2. The van der Waals surface area contributed by atoms with E-state index in [0.717, 1.165) is 59.4 Å². The number of rotatable bonds is 8. The standard InChI is InChI=1S/C21H29N5O2/c1-7-18-14(2)23-20-13-19(15-10-16(27-5)12-17(11-15)28-6)24-26(20)21(18)22-8-9-25(3)4/h10-13,22H,7-9H2,1-6H3. The van der Waals surface area contributed by atoms with Gasteiger partial charge in [0, 0.05) is 42.0 Å². The van der Waals surface area contributed by atoms with Gasteiger partial charge in [0.25, 0.3) is 0 Å². The zero-order valence-corrected chi connectivity index (χ0v) is 17.5. The zero-order chi connectivity index (χ0) is 20.3. The van der Waals surface area contributed by atoms with Crippen molar-refractivity contribution in [2.75, 3.05) is 46.7 Å². The van der Waals surface area contributed by atoms with Crippen LogP contribution in [0.4, 0.5) is 5.82 Å². The molecular weight excluding hydrogens is 354 g/mol. The number of nitrogens with one attached hydrogen (secondary N) is 1. The summed E-state index contributed by atoms with van der Waals surface area (Å²) in [5, 5.41) is 8.41. The second-order valence-electron chi connectivity index (χ2n) is 7.01. The Labute approximate surface area is 166 Å². The van der Waals surface area contributed by atoms with E-state index in [1.165, 1.54) is 5.56 Å². The fourth-order valence-corrected chi connectivity index (χ4v) is 3.25. The van der Waals surface area contributed by atoms with Crippen LogP contribution < -0.4 is 14.8 Å². The molecular formula is C21H29N5O2. The van der Waals surface area contributed by atoms with Crippen molar-refractivity contribution in [2.45, 2.75) is 20.3 Å². The van der Waals surface area contributed by atoms with Crippen LogP contribution in [-0.4, -0.2) is 60.9 Å². The molecule has 1 N–H and O–H groups in total. The Morgan fingerprint density at radius 2 is 1.75 bits per heavy atom. The summed E-state index contributed by atoms with van der Waals surface area (Å²) in [6.07, 6.45) is 0.890. The van der Waals surface area contributed by atoms with E-state index in [2.05, 4.69) is 38.2 Å². The molecule has 0 saturated heterocycles. The Morgan fingerprint density at radius 1 is 1.07 bits per heavy atom. The lowest BCUT2D eigenvalue weighted by atomic mass is 10.1. The van der Waals surface area contributed by atoms with E-state index in [9.17, 15) is 0 Å². The van der Waals surface area contributed by atoms with Crippen LogP contribution in [0.5, 0.6) is 11.5 Å². The highest BCUT2D eigenvalue weighted by Gasteiger charge is 2.16. The van der Waals surface area contributed by atoms with Crippen molar-refractivity contribution in [3.8, 4) is 22.8 Å². The highest BCUT2D eigenvalue weighted by Crippen LogP contribution is 2.31. The third-order valence-electron chi connectivity index (χ3n) is 4.76. The van der Waals surface area contributed by atoms with Gasteiger partial charge in [-0.1, -0.05) is 6.92 Å². The topological polar surface area (TPSA) is 63.9 Å². The molecule has 3 rings (SSSR count). The molecule has 0 radical (unpaired) electrons. The number of benzene rings is 1. The van der Waals surface area contributed by atoms with E-state index in [1.807, 2.05) is 28.8 Å². The predicted molar refractivity (Wildman–Crippen MR) is 113 cm³/mol. The van der Waals surface area contributed by atoms with Crippen LogP contribution in [-0.2, 0) is 6.42 Å². The molecule has 0 unspecified atom stereocenters. The molecule has 0 aliphatic heterocycles. The summed E-state index contributed by atoms with van der Waals surface area (Å²) >= 11 is 0. The van der Waals surface area contributed by atoms with Crippen LogP contribution in [0.1, 0.15) is 18.2 Å². The molecule has 3 aromatic rings. The van der Waals surface area contributed by atoms with Crippen LogP contribution in [0.2, 0.25) is 0 Å². The van der Waals surface area contributed by atoms with Crippen molar-refractivity contribution in [1.82, 2.24) is 19.5 Å². The van der Waals surface area contributed by atoms with Gasteiger partial charge in [-0.3, -0.25) is 0 Å². The predicted octanol–water partition coefficient (Wildman–Crippen LogP) is 3.26. The van der Waals surface area contributed by atoms with Crippen molar-refractivity contribution < 1.29 is 9.47 Å². The minimum Gasteiger partial charge on any atom is -0.497 e. The second-order valence-corrected chi connectivity index (χ2v) is 7.01. The summed E-state index contributed by atoms with van der Waals surface area (Å²) in [6, 6.07) is 7.76. The van der Waals surface area contributed by atoms with Gasteiger partial charge in [-0.2, -0.15) is 9.61 Å². The summed E-state index contributed by atoms with van der Waals surface area (Å²) < 4.78 is 12.7. The molecule has 0 fully saturated rings. The molecule has 1 aromatic carbocycles. The number of aromatic nitrogens is 3. The number of hydrogen-bond donors (Lipinski definition) is 1.